The average Bonchev–Trinajstić information content (AvgIpc) is 3.21. The summed E-state index contributed by atoms with van der Waals surface area (Å²) in [5, 5.41) is 2.78. The van der Waals surface area contributed by atoms with E-state index >= 15 is 0 Å². The SMILES string of the molecule is O=C(NCCc1cnc[nH]1)c1ccc(S(=O)(=O)NCc2ccccn2)cc1. The van der Waals surface area contributed by atoms with Crippen LogP contribution >= 0.6 is 0 Å². The maximum absolute atomic E-state index is 12.3. The van der Waals surface area contributed by atoms with Crippen molar-refractivity contribution in [2.75, 3.05) is 6.54 Å². The maximum Gasteiger partial charge on any atom is 0.251 e. The molecule has 8 nitrogen and oxygen atoms in total. The van der Waals surface area contributed by atoms with Gasteiger partial charge in [-0.05, 0) is 36.4 Å². The van der Waals surface area contributed by atoms with Crippen LogP contribution in [0.5, 0.6) is 0 Å². The number of pyridine rings is 1. The third-order valence-corrected chi connectivity index (χ3v) is 5.25. The van der Waals surface area contributed by atoms with Crippen LogP contribution in [0.1, 0.15) is 21.7 Å². The first-order valence-electron chi connectivity index (χ1n) is 8.30. The molecule has 0 aliphatic carbocycles. The molecule has 2 aromatic heterocycles. The molecule has 0 bridgehead atoms. The summed E-state index contributed by atoms with van der Waals surface area (Å²) in [5.41, 5.74) is 1.94. The number of aromatic amines is 1. The molecule has 3 N–H and O–H groups in total. The lowest BCUT2D eigenvalue weighted by Gasteiger charge is -2.08. The van der Waals surface area contributed by atoms with Crippen LogP contribution in [0.4, 0.5) is 0 Å². The summed E-state index contributed by atoms with van der Waals surface area (Å²) in [7, 11) is -3.68. The van der Waals surface area contributed by atoms with Crippen molar-refractivity contribution in [3.63, 3.8) is 0 Å². The molecule has 0 radical (unpaired) electrons. The summed E-state index contributed by atoms with van der Waals surface area (Å²) >= 11 is 0. The Labute approximate surface area is 157 Å². The lowest BCUT2D eigenvalue weighted by atomic mass is 10.2. The number of hydrogen-bond acceptors (Lipinski definition) is 5. The number of hydrogen-bond donors (Lipinski definition) is 3. The standard InChI is InChI=1S/C18H19N5O3S/c24-18(21-10-8-16-11-19-13-22-16)14-4-6-17(7-5-14)27(25,26)23-12-15-3-1-2-9-20-15/h1-7,9,11,13,23H,8,10,12H2,(H,19,22)(H,21,24). The van der Waals surface area contributed by atoms with Gasteiger partial charge in [0.25, 0.3) is 5.91 Å². The first-order valence-corrected chi connectivity index (χ1v) is 9.78. The summed E-state index contributed by atoms with van der Waals surface area (Å²) in [6.07, 6.45) is 5.51. The number of sulfonamides is 1. The van der Waals surface area contributed by atoms with Crippen LogP contribution < -0.4 is 10.0 Å². The number of nitrogens with zero attached hydrogens (tertiary/aromatic N) is 2. The van der Waals surface area contributed by atoms with Crippen LogP contribution in [0.2, 0.25) is 0 Å². The molecule has 3 aromatic rings. The van der Waals surface area contributed by atoms with Crippen molar-refractivity contribution in [2.45, 2.75) is 17.9 Å². The molecule has 1 aromatic carbocycles. The fourth-order valence-corrected chi connectivity index (χ4v) is 3.37. The zero-order valence-corrected chi connectivity index (χ0v) is 15.2. The van der Waals surface area contributed by atoms with Gasteiger partial charge < -0.3 is 10.3 Å². The molecule has 0 spiro atoms. The molecule has 0 saturated carbocycles. The van der Waals surface area contributed by atoms with E-state index in [0.29, 0.717) is 24.2 Å². The van der Waals surface area contributed by atoms with Gasteiger partial charge in [-0.25, -0.2) is 18.1 Å². The number of benzene rings is 1. The number of rotatable bonds is 8. The summed E-state index contributed by atoms with van der Waals surface area (Å²) in [4.78, 5) is 23.2. The second kappa shape index (κ2) is 8.56. The Morgan fingerprint density at radius 3 is 2.59 bits per heavy atom. The summed E-state index contributed by atoms with van der Waals surface area (Å²) in [6, 6.07) is 11.1. The van der Waals surface area contributed by atoms with E-state index in [-0.39, 0.29) is 17.3 Å². The minimum atomic E-state index is -3.68. The van der Waals surface area contributed by atoms with Crippen molar-refractivity contribution in [3.05, 3.63) is 78.1 Å². The van der Waals surface area contributed by atoms with Crippen LogP contribution in [0.15, 0.2) is 66.1 Å². The Morgan fingerprint density at radius 2 is 1.93 bits per heavy atom. The van der Waals surface area contributed by atoms with Crippen molar-refractivity contribution in [1.29, 1.82) is 0 Å². The molecular formula is C18H19N5O3S. The summed E-state index contributed by atoms with van der Waals surface area (Å²) in [6.45, 7) is 0.547. The van der Waals surface area contributed by atoms with Crippen molar-refractivity contribution < 1.29 is 13.2 Å². The highest BCUT2D eigenvalue weighted by Crippen LogP contribution is 2.11. The van der Waals surface area contributed by atoms with Gasteiger partial charge in [0.2, 0.25) is 10.0 Å². The molecule has 1 amide bonds. The van der Waals surface area contributed by atoms with E-state index in [2.05, 4.69) is 25.0 Å². The van der Waals surface area contributed by atoms with Crippen LogP contribution in [0.3, 0.4) is 0 Å². The van der Waals surface area contributed by atoms with Gasteiger partial charge in [0, 0.05) is 36.6 Å². The molecule has 0 aliphatic heterocycles. The second-order valence-electron chi connectivity index (χ2n) is 5.75. The van der Waals surface area contributed by atoms with E-state index in [1.807, 2.05) is 0 Å². The van der Waals surface area contributed by atoms with Gasteiger partial charge in [-0.15, -0.1) is 0 Å². The number of nitrogens with one attached hydrogen (secondary N) is 3. The molecule has 2 heterocycles. The largest absolute Gasteiger partial charge is 0.352 e. The average molecular weight is 385 g/mol. The molecule has 3 rings (SSSR count). The highest BCUT2D eigenvalue weighted by Gasteiger charge is 2.15. The number of carbonyl (C=O) groups excluding carboxylic acids is 1. The minimum absolute atomic E-state index is 0.0902. The lowest BCUT2D eigenvalue weighted by Crippen LogP contribution is -2.26. The Balaban J connectivity index is 1.56. The van der Waals surface area contributed by atoms with Gasteiger partial charge in [-0.1, -0.05) is 6.07 Å². The summed E-state index contributed by atoms with van der Waals surface area (Å²) < 4.78 is 27.2. The van der Waals surface area contributed by atoms with E-state index in [1.54, 1.807) is 36.9 Å². The Hall–Kier alpha value is -3.04. The van der Waals surface area contributed by atoms with Gasteiger partial charge in [0.1, 0.15) is 0 Å². The molecule has 0 atom stereocenters. The predicted octanol–water partition coefficient (Wildman–Crippen LogP) is 1.26. The van der Waals surface area contributed by atoms with Crippen molar-refractivity contribution in [3.8, 4) is 0 Å². The second-order valence-corrected chi connectivity index (χ2v) is 7.52. The quantitative estimate of drug-likeness (QED) is 0.540. The monoisotopic (exact) mass is 385 g/mol. The topological polar surface area (TPSA) is 117 Å². The Bertz CT molecular complexity index is 972. The third kappa shape index (κ3) is 5.22. The normalized spacial score (nSPS) is 11.3. The number of H-pyrrole nitrogens is 1. The zero-order valence-electron chi connectivity index (χ0n) is 14.4. The Kier molecular flexibility index (Phi) is 5.94. The van der Waals surface area contributed by atoms with E-state index < -0.39 is 10.0 Å². The highest BCUT2D eigenvalue weighted by atomic mass is 32.2. The first-order chi connectivity index (χ1) is 13.0. The van der Waals surface area contributed by atoms with E-state index in [4.69, 9.17) is 0 Å². The van der Waals surface area contributed by atoms with E-state index in [0.717, 1.165) is 5.69 Å². The van der Waals surface area contributed by atoms with Gasteiger partial charge in [-0.3, -0.25) is 9.78 Å². The first kappa shape index (κ1) is 18.7. The van der Waals surface area contributed by atoms with Gasteiger partial charge in [0.05, 0.1) is 23.5 Å². The van der Waals surface area contributed by atoms with Crippen LogP contribution in [0.25, 0.3) is 0 Å². The molecular weight excluding hydrogens is 366 g/mol. The molecule has 27 heavy (non-hydrogen) atoms. The van der Waals surface area contributed by atoms with Gasteiger partial charge in [-0.2, -0.15) is 0 Å². The zero-order chi connectivity index (χ0) is 19.1. The number of carbonyl (C=O) groups is 1. The van der Waals surface area contributed by atoms with E-state index in [1.165, 1.54) is 24.3 Å². The maximum atomic E-state index is 12.3. The fraction of sp³-hybridized carbons (Fsp3) is 0.167. The van der Waals surface area contributed by atoms with Crippen molar-refractivity contribution >= 4 is 15.9 Å². The van der Waals surface area contributed by atoms with Gasteiger partial charge in [0.15, 0.2) is 0 Å². The molecule has 0 aliphatic rings. The van der Waals surface area contributed by atoms with Crippen molar-refractivity contribution in [2.24, 2.45) is 0 Å². The lowest BCUT2D eigenvalue weighted by molar-refractivity contribution is 0.0954. The van der Waals surface area contributed by atoms with E-state index in [9.17, 15) is 13.2 Å². The number of imidazole rings is 1. The highest BCUT2D eigenvalue weighted by molar-refractivity contribution is 7.89. The smallest absolute Gasteiger partial charge is 0.251 e. The van der Waals surface area contributed by atoms with Gasteiger partial charge >= 0.3 is 0 Å². The van der Waals surface area contributed by atoms with Crippen molar-refractivity contribution in [1.82, 2.24) is 25.0 Å². The number of aromatic nitrogens is 3. The Morgan fingerprint density at radius 1 is 1.11 bits per heavy atom. The molecule has 0 unspecified atom stereocenters. The third-order valence-electron chi connectivity index (χ3n) is 3.83. The molecule has 140 valence electrons. The fourth-order valence-electron chi connectivity index (χ4n) is 2.37. The predicted molar refractivity (Wildman–Crippen MR) is 99.3 cm³/mol. The molecule has 0 saturated heterocycles. The van der Waals surface area contributed by atoms with Crippen LogP contribution in [0, 0.1) is 0 Å². The number of amides is 1. The molecule has 9 heteroatoms. The molecule has 0 fully saturated rings. The minimum Gasteiger partial charge on any atom is -0.352 e. The summed E-state index contributed by atoms with van der Waals surface area (Å²) in [5.74, 6) is -0.264. The van der Waals surface area contributed by atoms with Crippen LogP contribution in [-0.4, -0.2) is 35.8 Å². The van der Waals surface area contributed by atoms with Crippen LogP contribution in [-0.2, 0) is 23.0 Å².